The van der Waals surface area contributed by atoms with E-state index in [1.807, 2.05) is 6.20 Å². The van der Waals surface area contributed by atoms with Crippen molar-refractivity contribution in [3.63, 3.8) is 0 Å². The maximum Gasteiger partial charge on any atom is 0.320 e. The number of imidazole rings is 1. The molecular formula is C11H17N3O2. The standard InChI is InChI=1S/C11H17N3O2/c1-2-6-14-7-5-12-10(14)8-3-4-9(13-8)11(15)16/h5,7-9,13H,2-4,6H2,1H3,(H,15,16). The van der Waals surface area contributed by atoms with E-state index in [2.05, 4.69) is 21.8 Å². The average molecular weight is 223 g/mol. The van der Waals surface area contributed by atoms with Crippen LogP contribution in [0.3, 0.4) is 0 Å². The Labute approximate surface area is 94.5 Å². The van der Waals surface area contributed by atoms with Gasteiger partial charge in [-0.05, 0) is 19.3 Å². The van der Waals surface area contributed by atoms with Gasteiger partial charge in [0.05, 0.1) is 6.04 Å². The smallest absolute Gasteiger partial charge is 0.320 e. The molecule has 1 fully saturated rings. The third kappa shape index (κ3) is 2.09. The number of nitrogens with zero attached hydrogens (tertiary/aromatic N) is 2. The lowest BCUT2D eigenvalue weighted by Gasteiger charge is -2.13. The highest BCUT2D eigenvalue weighted by Gasteiger charge is 2.31. The molecule has 2 atom stereocenters. The molecule has 0 saturated carbocycles. The molecule has 1 aliphatic rings. The quantitative estimate of drug-likeness (QED) is 0.804. The van der Waals surface area contributed by atoms with Crippen molar-refractivity contribution in [1.82, 2.24) is 14.9 Å². The SMILES string of the molecule is CCCn1ccnc1C1CCC(C(=O)O)N1. The minimum atomic E-state index is -0.768. The molecule has 0 aliphatic carbocycles. The number of carboxylic acids is 1. The van der Waals surface area contributed by atoms with Crippen LogP contribution < -0.4 is 5.32 Å². The predicted octanol–water partition coefficient (Wildman–Crippen LogP) is 1.17. The molecule has 1 aliphatic heterocycles. The second-order valence-electron chi connectivity index (χ2n) is 4.17. The summed E-state index contributed by atoms with van der Waals surface area (Å²) in [6, 6.07) is -0.334. The van der Waals surface area contributed by atoms with E-state index in [0.29, 0.717) is 6.42 Å². The van der Waals surface area contributed by atoms with Gasteiger partial charge in [-0.15, -0.1) is 0 Å². The van der Waals surface area contributed by atoms with Crippen LogP contribution in [0, 0.1) is 0 Å². The second-order valence-corrected chi connectivity index (χ2v) is 4.17. The molecule has 5 heteroatoms. The molecule has 16 heavy (non-hydrogen) atoms. The van der Waals surface area contributed by atoms with Gasteiger partial charge in [0.15, 0.2) is 0 Å². The molecule has 0 amide bonds. The fraction of sp³-hybridized carbons (Fsp3) is 0.636. The molecule has 5 nitrogen and oxygen atoms in total. The van der Waals surface area contributed by atoms with Gasteiger partial charge in [0.25, 0.3) is 0 Å². The molecule has 2 heterocycles. The molecule has 2 unspecified atom stereocenters. The number of carbonyl (C=O) groups is 1. The monoisotopic (exact) mass is 223 g/mol. The minimum Gasteiger partial charge on any atom is -0.480 e. The zero-order valence-corrected chi connectivity index (χ0v) is 9.39. The summed E-state index contributed by atoms with van der Waals surface area (Å²) in [6.07, 6.45) is 6.31. The van der Waals surface area contributed by atoms with Crippen LogP contribution in [0.2, 0.25) is 0 Å². The highest BCUT2D eigenvalue weighted by Crippen LogP contribution is 2.25. The van der Waals surface area contributed by atoms with E-state index in [0.717, 1.165) is 25.2 Å². The van der Waals surface area contributed by atoms with Crippen molar-refractivity contribution in [2.24, 2.45) is 0 Å². The van der Waals surface area contributed by atoms with Crippen LogP contribution >= 0.6 is 0 Å². The number of hydrogen-bond acceptors (Lipinski definition) is 3. The van der Waals surface area contributed by atoms with Crippen LogP contribution in [0.15, 0.2) is 12.4 Å². The van der Waals surface area contributed by atoms with Crippen molar-refractivity contribution in [3.05, 3.63) is 18.2 Å². The normalized spacial score (nSPS) is 24.8. The fourth-order valence-corrected chi connectivity index (χ4v) is 2.20. The number of nitrogens with one attached hydrogen (secondary N) is 1. The van der Waals surface area contributed by atoms with Crippen LogP contribution in [0.5, 0.6) is 0 Å². The van der Waals surface area contributed by atoms with Gasteiger partial charge in [-0.2, -0.15) is 0 Å². The van der Waals surface area contributed by atoms with E-state index in [1.165, 1.54) is 0 Å². The van der Waals surface area contributed by atoms with Gasteiger partial charge in [-0.1, -0.05) is 6.92 Å². The van der Waals surface area contributed by atoms with Gasteiger partial charge in [-0.25, -0.2) is 4.98 Å². The maximum atomic E-state index is 10.8. The third-order valence-electron chi connectivity index (χ3n) is 2.97. The lowest BCUT2D eigenvalue weighted by atomic mass is 10.2. The van der Waals surface area contributed by atoms with Crippen LogP contribution in [0.4, 0.5) is 0 Å². The summed E-state index contributed by atoms with van der Waals surface area (Å²) < 4.78 is 2.10. The number of aryl methyl sites for hydroxylation is 1. The van der Waals surface area contributed by atoms with E-state index in [-0.39, 0.29) is 6.04 Å². The number of aliphatic carboxylic acids is 1. The van der Waals surface area contributed by atoms with Gasteiger partial charge < -0.3 is 9.67 Å². The van der Waals surface area contributed by atoms with Gasteiger partial charge >= 0.3 is 5.97 Å². The zero-order valence-electron chi connectivity index (χ0n) is 9.39. The van der Waals surface area contributed by atoms with E-state index < -0.39 is 12.0 Å². The Bertz CT molecular complexity index is 375. The molecular weight excluding hydrogens is 206 g/mol. The summed E-state index contributed by atoms with van der Waals surface area (Å²) in [5, 5.41) is 12.0. The van der Waals surface area contributed by atoms with Gasteiger partial charge in [-0.3, -0.25) is 10.1 Å². The van der Waals surface area contributed by atoms with Crippen LogP contribution in [0.1, 0.15) is 38.1 Å². The first-order valence-corrected chi connectivity index (χ1v) is 5.72. The van der Waals surface area contributed by atoms with Gasteiger partial charge in [0, 0.05) is 18.9 Å². The van der Waals surface area contributed by atoms with Crippen molar-refractivity contribution in [3.8, 4) is 0 Å². The summed E-state index contributed by atoms with van der Waals surface area (Å²) in [4.78, 5) is 15.2. The Balaban J connectivity index is 2.08. The highest BCUT2D eigenvalue weighted by atomic mass is 16.4. The molecule has 88 valence electrons. The van der Waals surface area contributed by atoms with Gasteiger partial charge in [0.1, 0.15) is 11.9 Å². The summed E-state index contributed by atoms with van der Waals surface area (Å²) >= 11 is 0. The summed E-state index contributed by atoms with van der Waals surface area (Å²) in [5.74, 6) is 0.196. The Kier molecular flexibility index (Phi) is 3.24. The van der Waals surface area contributed by atoms with Crippen molar-refractivity contribution in [2.75, 3.05) is 0 Å². The Hall–Kier alpha value is -1.36. The lowest BCUT2D eigenvalue weighted by molar-refractivity contribution is -0.139. The molecule has 1 aromatic rings. The molecule has 1 saturated heterocycles. The fourth-order valence-electron chi connectivity index (χ4n) is 2.20. The molecule has 1 aromatic heterocycles. The number of carboxylic acid groups (broad SMARTS) is 1. The Morgan fingerprint density at radius 1 is 1.69 bits per heavy atom. The van der Waals surface area contributed by atoms with Crippen LogP contribution in [-0.2, 0) is 11.3 Å². The zero-order chi connectivity index (χ0) is 11.5. The maximum absolute atomic E-state index is 10.8. The van der Waals surface area contributed by atoms with Gasteiger partial charge in [0.2, 0.25) is 0 Å². The molecule has 0 radical (unpaired) electrons. The lowest BCUT2D eigenvalue weighted by Crippen LogP contribution is -2.32. The van der Waals surface area contributed by atoms with E-state index in [4.69, 9.17) is 5.11 Å². The summed E-state index contributed by atoms with van der Waals surface area (Å²) in [6.45, 7) is 3.05. The molecule has 0 spiro atoms. The first-order valence-electron chi connectivity index (χ1n) is 5.72. The minimum absolute atomic E-state index is 0.0858. The molecule has 2 N–H and O–H groups in total. The number of aromatic nitrogens is 2. The first-order chi connectivity index (χ1) is 7.72. The second kappa shape index (κ2) is 4.65. The largest absolute Gasteiger partial charge is 0.480 e. The topological polar surface area (TPSA) is 67.2 Å². The van der Waals surface area contributed by atoms with E-state index in [1.54, 1.807) is 6.20 Å². The Morgan fingerprint density at radius 3 is 3.12 bits per heavy atom. The predicted molar refractivity (Wildman–Crippen MR) is 59.1 cm³/mol. The van der Waals surface area contributed by atoms with Crippen LogP contribution in [0.25, 0.3) is 0 Å². The van der Waals surface area contributed by atoms with Crippen molar-refractivity contribution >= 4 is 5.97 Å². The highest BCUT2D eigenvalue weighted by molar-refractivity contribution is 5.73. The van der Waals surface area contributed by atoms with Crippen LogP contribution in [-0.4, -0.2) is 26.7 Å². The first kappa shape index (κ1) is 11.1. The molecule has 0 aromatic carbocycles. The average Bonchev–Trinajstić information content (AvgIpc) is 2.84. The molecule has 2 rings (SSSR count). The Morgan fingerprint density at radius 2 is 2.50 bits per heavy atom. The van der Waals surface area contributed by atoms with E-state index >= 15 is 0 Å². The third-order valence-corrected chi connectivity index (χ3v) is 2.97. The summed E-state index contributed by atoms with van der Waals surface area (Å²) in [5.41, 5.74) is 0. The number of rotatable bonds is 4. The van der Waals surface area contributed by atoms with Crippen molar-refractivity contribution in [1.29, 1.82) is 0 Å². The number of hydrogen-bond donors (Lipinski definition) is 2. The van der Waals surface area contributed by atoms with Crippen molar-refractivity contribution in [2.45, 2.75) is 44.8 Å². The van der Waals surface area contributed by atoms with Crippen molar-refractivity contribution < 1.29 is 9.90 Å². The van der Waals surface area contributed by atoms with E-state index in [9.17, 15) is 4.79 Å². The summed E-state index contributed by atoms with van der Waals surface area (Å²) in [7, 11) is 0. The molecule has 0 bridgehead atoms.